The average molecular weight is 291 g/mol. The van der Waals surface area contributed by atoms with E-state index in [1.54, 1.807) is 19.1 Å². The molecule has 112 valence electrons. The molecule has 0 atom stereocenters. The van der Waals surface area contributed by atoms with Crippen molar-refractivity contribution in [3.05, 3.63) is 23.6 Å². The number of nitrogens with zero attached hydrogens (tertiary/aromatic N) is 2. The highest BCUT2D eigenvalue weighted by molar-refractivity contribution is 6.13. The number of likely N-dealkylation sites (N-methyl/N-ethyl adjacent to an activating group) is 1. The van der Waals surface area contributed by atoms with Gasteiger partial charge < -0.3 is 19.4 Å². The van der Waals surface area contributed by atoms with Gasteiger partial charge in [0.25, 0.3) is 5.91 Å². The van der Waals surface area contributed by atoms with Crippen molar-refractivity contribution < 1.29 is 18.7 Å². The Balaban J connectivity index is 1.76. The molecule has 3 heterocycles. The molecule has 2 aliphatic heterocycles. The van der Waals surface area contributed by atoms with Crippen LogP contribution < -0.4 is 10.2 Å². The summed E-state index contributed by atoms with van der Waals surface area (Å²) in [5.41, 5.74) is 0.240. The predicted molar refractivity (Wildman–Crippen MR) is 75.6 cm³/mol. The van der Waals surface area contributed by atoms with E-state index in [-0.39, 0.29) is 11.6 Å². The van der Waals surface area contributed by atoms with Crippen LogP contribution in [0.5, 0.6) is 0 Å². The summed E-state index contributed by atoms with van der Waals surface area (Å²) >= 11 is 0. The van der Waals surface area contributed by atoms with Crippen molar-refractivity contribution >= 4 is 23.9 Å². The van der Waals surface area contributed by atoms with E-state index in [0.717, 1.165) is 23.9 Å². The average Bonchev–Trinajstić information content (AvgIpc) is 3.06. The number of amides is 3. The Bertz CT molecular complexity index is 587. The first-order valence-corrected chi connectivity index (χ1v) is 6.96. The number of imide groups is 1. The maximum atomic E-state index is 12.0. The van der Waals surface area contributed by atoms with E-state index < -0.39 is 6.03 Å². The van der Waals surface area contributed by atoms with Gasteiger partial charge in [0.15, 0.2) is 5.88 Å². The van der Waals surface area contributed by atoms with Crippen LogP contribution in [0.15, 0.2) is 22.2 Å². The highest BCUT2D eigenvalue weighted by Crippen LogP contribution is 2.22. The quantitative estimate of drug-likeness (QED) is 0.665. The molecule has 0 aliphatic carbocycles. The Kier molecular flexibility index (Phi) is 3.66. The molecule has 0 unspecified atom stereocenters. The van der Waals surface area contributed by atoms with E-state index in [0.29, 0.717) is 25.5 Å². The number of carbonyl (C=O) groups excluding carboxylic acids is 2. The first-order chi connectivity index (χ1) is 10.2. The Morgan fingerprint density at radius 3 is 2.71 bits per heavy atom. The molecule has 21 heavy (non-hydrogen) atoms. The van der Waals surface area contributed by atoms with Gasteiger partial charge in [0, 0.05) is 31.8 Å². The van der Waals surface area contributed by atoms with Gasteiger partial charge in [0.2, 0.25) is 0 Å². The highest BCUT2D eigenvalue weighted by Gasteiger charge is 2.32. The van der Waals surface area contributed by atoms with Crippen molar-refractivity contribution in [3.63, 3.8) is 0 Å². The molecular weight excluding hydrogens is 274 g/mol. The standard InChI is InChI=1S/C14H17N3O4/c1-2-17-13(18)11(15-14(17)19)9-10-3-4-12(21-10)16-5-7-20-8-6-16/h3-4,9H,2,5-8H2,1H3,(H,15,19)/b11-9+. The zero-order chi connectivity index (χ0) is 14.8. The highest BCUT2D eigenvalue weighted by atomic mass is 16.5. The summed E-state index contributed by atoms with van der Waals surface area (Å²) in [7, 11) is 0. The second kappa shape index (κ2) is 5.61. The SMILES string of the molecule is CCN1C(=O)N/C(=C/c2ccc(N3CCOCC3)o2)C1=O. The Morgan fingerprint density at radius 2 is 2.05 bits per heavy atom. The number of ether oxygens (including phenoxy) is 1. The molecule has 2 saturated heterocycles. The number of furan rings is 1. The van der Waals surface area contributed by atoms with Crippen LogP contribution in [0.1, 0.15) is 12.7 Å². The monoisotopic (exact) mass is 291 g/mol. The lowest BCUT2D eigenvalue weighted by atomic mass is 10.3. The zero-order valence-electron chi connectivity index (χ0n) is 11.8. The number of hydrogen-bond acceptors (Lipinski definition) is 5. The van der Waals surface area contributed by atoms with Gasteiger partial charge >= 0.3 is 6.03 Å². The van der Waals surface area contributed by atoms with Crippen LogP contribution in [0.25, 0.3) is 6.08 Å². The van der Waals surface area contributed by atoms with E-state index in [2.05, 4.69) is 10.2 Å². The molecule has 2 fully saturated rings. The molecule has 0 saturated carbocycles. The molecule has 1 aromatic rings. The molecule has 3 rings (SSSR count). The van der Waals surface area contributed by atoms with Gasteiger partial charge in [-0.05, 0) is 13.0 Å². The van der Waals surface area contributed by atoms with Crippen molar-refractivity contribution in [2.75, 3.05) is 37.7 Å². The molecule has 0 spiro atoms. The minimum absolute atomic E-state index is 0.240. The van der Waals surface area contributed by atoms with Gasteiger partial charge in [-0.2, -0.15) is 0 Å². The van der Waals surface area contributed by atoms with E-state index in [1.165, 1.54) is 0 Å². The Hall–Kier alpha value is -2.28. The van der Waals surface area contributed by atoms with Crippen LogP contribution in [0.4, 0.5) is 10.7 Å². The van der Waals surface area contributed by atoms with Crippen LogP contribution in [-0.4, -0.2) is 49.7 Å². The summed E-state index contributed by atoms with van der Waals surface area (Å²) in [5, 5.41) is 2.55. The number of urea groups is 1. The van der Waals surface area contributed by atoms with Crippen LogP contribution in [0.3, 0.4) is 0 Å². The predicted octanol–water partition coefficient (Wildman–Crippen LogP) is 1.03. The van der Waals surface area contributed by atoms with Crippen LogP contribution in [-0.2, 0) is 9.53 Å². The van der Waals surface area contributed by atoms with Crippen LogP contribution in [0.2, 0.25) is 0 Å². The number of hydrogen-bond donors (Lipinski definition) is 1. The van der Waals surface area contributed by atoms with Gasteiger partial charge in [0.05, 0.1) is 13.2 Å². The van der Waals surface area contributed by atoms with E-state index in [4.69, 9.17) is 9.15 Å². The lowest BCUT2D eigenvalue weighted by molar-refractivity contribution is -0.122. The summed E-state index contributed by atoms with van der Waals surface area (Å²) < 4.78 is 11.0. The van der Waals surface area contributed by atoms with E-state index in [9.17, 15) is 9.59 Å². The molecule has 0 bridgehead atoms. The first kappa shape index (κ1) is 13.7. The van der Waals surface area contributed by atoms with Crippen molar-refractivity contribution in [3.8, 4) is 0 Å². The fraction of sp³-hybridized carbons (Fsp3) is 0.429. The lowest BCUT2D eigenvalue weighted by Crippen LogP contribution is -2.35. The minimum Gasteiger partial charge on any atom is -0.441 e. The summed E-state index contributed by atoms with van der Waals surface area (Å²) in [6.45, 7) is 5.02. The topological polar surface area (TPSA) is 75.0 Å². The molecule has 1 aromatic heterocycles. The summed E-state index contributed by atoms with van der Waals surface area (Å²) in [6.07, 6.45) is 1.56. The third-order valence-corrected chi connectivity index (χ3v) is 3.50. The lowest BCUT2D eigenvalue weighted by Gasteiger charge is -2.26. The van der Waals surface area contributed by atoms with Gasteiger partial charge in [-0.1, -0.05) is 0 Å². The van der Waals surface area contributed by atoms with Gasteiger partial charge in [-0.15, -0.1) is 0 Å². The number of rotatable bonds is 3. The number of carbonyl (C=O) groups is 2. The van der Waals surface area contributed by atoms with Gasteiger partial charge in [-0.3, -0.25) is 9.69 Å². The van der Waals surface area contributed by atoms with E-state index >= 15 is 0 Å². The summed E-state index contributed by atoms with van der Waals surface area (Å²) in [5.74, 6) is 0.958. The number of morpholine rings is 1. The second-order valence-electron chi connectivity index (χ2n) is 4.81. The van der Waals surface area contributed by atoms with Crippen molar-refractivity contribution in [1.29, 1.82) is 0 Å². The fourth-order valence-corrected chi connectivity index (χ4v) is 2.37. The Morgan fingerprint density at radius 1 is 1.29 bits per heavy atom. The molecule has 1 N–H and O–H groups in total. The third-order valence-electron chi connectivity index (χ3n) is 3.50. The minimum atomic E-state index is -0.395. The fourth-order valence-electron chi connectivity index (χ4n) is 2.37. The largest absolute Gasteiger partial charge is 0.441 e. The second-order valence-corrected chi connectivity index (χ2v) is 4.81. The molecule has 0 radical (unpaired) electrons. The van der Waals surface area contributed by atoms with Crippen LogP contribution in [0, 0.1) is 0 Å². The molecule has 0 aromatic carbocycles. The molecule has 7 nitrogen and oxygen atoms in total. The van der Waals surface area contributed by atoms with Crippen molar-refractivity contribution in [2.45, 2.75) is 6.92 Å². The molecule has 7 heteroatoms. The normalized spacial score (nSPS) is 21.3. The number of anilines is 1. The first-order valence-electron chi connectivity index (χ1n) is 6.96. The zero-order valence-corrected chi connectivity index (χ0v) is 11.8. The maximum absolute atomic E-state index is 12.0. The maximum Gasteiger partial charge on any atom is 0.328 e. The van der Waals surface area contributed by atoms with Crippen molar-refractivity contribution in [1.82, 2.24) is 10.2 Å². The smallest absolute Gasteiger partial charge is 0.328 e. The van der Waals surface area contributed by atoms with Crippen molar-refractivity contribution in [2.24, 2.45) is 0 Å². The van der Waals surface area contributed by atoms with Gasteiger partial charge in [0.1, 0.15) is 11.5 Å². The van der Waals surface area contributed by atoms with Crippen LogP contribution >= 0.6 is 0 Å². The molecular formula is C14H17N3O4. The molecule has 2 aliphatic rings. The summed E-state index contributed by atoms with van der Waals surface area (Å²) in [6, 6.07) is 3.25. The Labute approximate surface area is 122 Å². The van der Waals surface area contributed by atoms with E-state index in [1.807, 2.05) is 6.07 Å². The third kappa shape index (κ3) is 2.64. The summed E-state index contributed by atoms with van der Waals surface area (Å²) in [4.78, 5) is 26.8. The molecule has 3 amide bonds. The number of nitrogens with one attached hydrogen (secondary N) is 1. The van der Waals surface area contributed by atoms with Gasteiger partial charge in [-0.25, -0.2) is 4.79 Å².